The fourth-order valence-corrected chi connectivity index (χ4v) is 2.14. The number of hydrazone groups is 1. The maximum absolute atomic E-state index is 11.4. The number of carbonyl (C=O) groups excluding carboxylic acids is 1. The second-order valence-corrected chi connectivity index (χ2v) is 4.85. The largest absolute Gasteiger partial charge is 0.466 e. The Bertz CT molecular complexity index is 354. The van der Waals surface area contributed by atoms with Gasteiger partial charge in [-0.15, -0.1) is 0 Å². The molecular formula is C12H21N2O2+. The van der Waals surface area contributed by atoms with E-state index in [1.165, 1.54) is 0 Å². The van der Waals surface area contributed by atoms with E-state index < -0.39 is 0 Å². The van der Waals surface area contributed by atoms with Crippen molar-refractivity contribution in [2.45, 2.75) is 53.0 Å². The molecule has 0 N–H and O–H groups in total. The van der Waals surface area contributed by atoms with Crippen LogP contribution in [0.15, 0.2) is 5.10 Å². The molecule has 0 aromatic rings. The molecule has 1 rings (SSSR count). The monoisotopic (exact) mass is 225 g/mol. The van der Waals surface area contributed by atoms with Crippen LogP contribution in [-0.2, 0) is 9.53 Å². The fourth-order valence-electron chi connectivity index (χ4n) is 2.14. The first kappa shape index (κ1) is 12.9. The summed E-state index contributed by atoms with van der Waals surface area (Å²) in [6, 6.07) is 0. The summed E-state index contributed by atoms with van der Waals surface area (Å²) in [6.07, 6.45) is 1.25. The van der Waals surface area contributed by atoms with Crippen LogP contribution in [0.5, 0.6) is 0 Å². The van der Waals surface area contributed by atoms with Gasteiger partial charge in [0.1, 0.15) is 6.42 Å². The lowest BCUT2D eigenvalue weighted by Crippen LogP contribution is -2.33. The second kappa shape index (κ2) is 4.76. The van der Waals surface area contributed by atoms with Gasteiger partial charge in [-0.1, -0.05) is 4.68 Å². The van der Waals surface area contributed by atoms with Crippen molar-refractivity contribution in [3.8, 4) is 0 Å². The van der Waals surface area contributed by atoms with E-state index in [4.69, 9.17) is 4.74 Å². The van der Waals surface area contributed by atoms with E-state index in [-0.39, 0.29) is 11.5 Å². The van der Waals surface area contributed by atoms with Crippen LogP contribution in [-0.4, -0.2) is 34.2 Å². The highest BCUT2D eigenvalue weighted by Gasteiger charge is 2.40. The molecule has 0 fully saturated rings. The number of carbonyl (C=O) groups is 1. The zero-order valence-corrected chi connectivity index (χ0v) is 10.8. The SMILES string of the molecule is CCOC(=O)C/C(C)=[N+]1/N=C(C)CC1(C)C. The van der Waals surface area contributed by atoms with Gasteiger partial charge < -0.3 is 4.74 Å². The van der Waals surface area contributed by atoms with Gasteiger partial charge in [-0.3, -0.25) is 4.79 Å². The normalized spacial score (nSPS) is 21.7. The predicted octanol–water partition coefficient (Wildman–Crippen LogP) is 1.97. The third kappa shape index (κ3) is 2.90. The third-order valence-corrected chi connectivity index (χ3v) is 2.60. The summed E-state index contributed by atoms with van der Waals surface area (Å²) in [5.41, 5.74) is 2.02. The Morgan fingerprint density at radius 2 is 2.19 bits per heavy atom. The Morgan fingerprint density at radius 1 is 1.56 bits per heavy atom. The predicted molar refractivity (Wildman–Crippen MR) is 64.0 cm³/mol. The molecule has 0 unspecified atom stereocenters. The summed E-state index contributed by atoms with van der Waals surface area (Å²) in [4.78, 5) is 11.4. The first-order valence-corrected chi connectivity index (χ1v) is 5.69. The zero-order chi connectivity index (χ0) is 12.3. The molecule has 16 heavy (non-hydrogen) atoms. The minimum absolute atomic E-state index is 0.0271. The van der Waals surface area contributed by atoms with E-state index in [0.29, 0.717) is 13.0 Å². The van der Waals surface area contributed by atoms with Crippen molar-refractivity contribution < 1.29 is 14.2 Å². The van der Waals surface area contributed by atoms with Gasteiger partial charge in [-0.05, 0) is 18.9 Å². The van der Waals surface area contributed by atoms with Gasteiger partial charge in [0.2, 0.25) is 0 Å². The number of nitrogens with zero attached hydrogens (tertiary/aromatic N) is 2. The number of esters is 1. The van der Waals surface area contributed by atoms with Crippen molar-refractivity contribution in [1.29, 1.82) is 0 Å². The molecule has 0 spiro atoms. The quantitative estimate of drug-likeness (QED) is 0.544. The molecule has 1 heterocycles. The standard InChI is InChI=1S/C12H21N2O2/c1-6-16-11(15)7-10(3)14-12(4,5)8-9(2)13-14/h6-8H2,1-5H3/q+1/b14-10+. The van der Waals surface area contributed by atoms with E-state index in [1.807, 2.05) is 25.5 Å². The van der Waals surface area contributed by atoms with Crippen molar-refractivity contribution >= 4 is 17.4 Å². The van der Waals surface area contributed by atoms with Gasteiger partial charge in [0.05, 0.1) is 18.7 Å². The van der Waals surface area contributed by atoms with Gasteiger partial charge >= 0.3 is 5.97 Å². The average Bonchev–Trinajstić information content (AvgIpc) is 2.39. The van der Waals surface area contributed by atoms with E-state index in [0.717, 1.165) is 17.8 Å². The summed E-state index contributed by atoms with van der Waals surface area (Å²) in [5.74, 6) is -0.185. The van der Waals surface area contributed by atoms with Crippen molar-refractivity contribution in [3.63, 3.8) is 0 Å². The molecular weight excluding hydrogens is 204 g/mol. The molecule has 0 aliphatic carbocycles. The Labute approximate surface area is 97.0 Å². The van der Waals surface area contributed by atoms with Crippen LogP contribution < -0.4 is 0 Å². The lowest BCUT2D eigenvalue weighted by atomic mass is 9.99. The molecule has 0 saturated carbocycles. The molecule has 4 heteroatoms. The van der Waals surface area contributed by atoms with Gasteiger partial charge in [-0.25, -0.2) is 0 Å². The molecule has 0 aromatic heterocycles. The van der Waals surface area contributed by atoms with Crippen LogP contribution in [0.4, 0.5) is 0 Å². The molecule has 0 radical (unpaired) electrons. The second-order valence-electron chi connectivity index (χ2n) is 4.85. The van der Waals surface area contributed by atoms with Crippen molar-refractivity contribution in [3.05, 3.63) is 0 Å². The molecule has 4 nitrogen and oxygen atoms in total. The minimum atomic E-state index is -0.185. The maximum atomic E-state index is 11.4. The Balaban J connectivity index is 2.84. The molecule has 0 amide bonds. The van der Waals surface area contributed by atoms with Crippen LogP contribution in [0.25, 0.3) is 0 Å². The van der Waals surface area contributed by atoms with Gasteiger partial charge in [0.25, 0.3) is 0 Å². The van der Waals surface area contributed by atoms with Gasteiger partial charge in [0, 0.05) is 20.8 Å². The summed E-state index contributed by atoms with van der Waals surface area (Å²) in [6.45, 7) is 10.4. The number of hydrogen-bond acceptors (Lipinski definition) is 3. The number of hydrogen-bond donors (Lipinski definition) is 0. The molecule has 90 valence electrons. The van der Waals surface area contributed by atoms with Crippen LogP contribution >= 0.6 is 0 Å². The third-order valence-electron chi connectivity index (χ3n) is 2.60. The fraction of sp³-hybridized carbons (Fsp3) is 0.750. The molecule has 0 bridgehead atoms. The van der Waals surface area contributed by atoms with Crippen molar-refractivity contribution in [2.75, 3.05) is 6.61 Å². The van der Waals surface area contributed by atoms with Crippen LogP contribution in [0.2, 0.25) is 0 Å². The van der Waals surface area contributed by atoms with Crippen LogP contribution in [0.1, 0.15) is 47.5 Å². The van der Waals surface area contributed by atoms with Gasteiger partial charge in [-0.2, -0.15) is 0 Å². The van der Waals surface area contributed by atoms with E-state index >= 15 is 0 Å². The highest BCUT2D eigenvalue weighted by Crippen LogP contribution is 2.23. The smallest absolute Gasteiger partial charge is 0.316 e. The summed E-state index contributed by atoms with van der Waals surface area (Å²) >= 11 is 0. The molecule has 0 atom stereocenters. The highest BCUT2D eigenvalue weighted by atomic mass is 16.5. The van der Waals surface area contributed by atoms with Crippen LogP contribution in [0, 0.1) is 0 Å². The topological polar surface area (TPSA) is 41.7 Å². The van der Waals surface area contributed by atoms with Crippen LogP contribution in [0.3, 0.4) is 0 Å². The average molecular weight is 225 g/mol. The van der Waals surface area contributed by atoms with Gasteiger partial charge in [0.15, 0.2) is 11.3 Å². The minimum Gasteiger partial charge on any atom is -0.466 e. The molecule has 1 aliphatic rings. The molecule has 0 saturated heterocycles. The summed E-state index contributed by atoms with van der Waals surface area (Å²) < 4.78 is 6.88. The molecule has 0 aromatic carbocycles. The van der Waals surface area contributed by atoms with E-state index in [2.05, 4.69) is 18.9 Å². The van der Waals surface area contributed by atoms with E-state index in [9.17, 15) is 4.79 Å². The van der Waals surface area contributed by atoms with E-state index in [1.54, 1.807) is 0 Å². The number of rotatable bonds is 3. The van der Waals surface area contributed by atoms with Crippen molar-refractivity contribution in [1.82, 2.24) is 0 Å². The first-order valence-electron chi connectivity index (χ1n) is 5.69. The lowest BCUT2D eigenvalue weighted by molar-refractivity contribution is -0.596. The summed E-state index contributed by atoms with van der Waals surface area (Å²) in [7, 11) is 0. The number of ether oxygens (including phenoxy) is 1. The Kier molecular flexibility index (Phi) is 3.83. The zero-order valence-electron chi connectivity index (χ0n) is 10.8. The van der Waals surface area contributed by atoms with Crippen molar-refractivity contribution in [2.24, 2.45) is 5.10 Å². The maximum Gasteiger partial charge on any atom is 0.316 e. The Hall–Kier alpha value is -1.19. The summed E-state index contributed by atoms with van der Waals surface area (Å²) in [5, 5.41) is 4.46. The first-order chi connectivity index (χ1) is 7.36. The lowest BCUT2D eigenvalue weighted by Gasteiger charge is -2.12. The highest BCUT2D eigenvalue weighted by molar-refractivity contribution is 5.95. The Morgan fingerprint density at radius 3 is 2.62 bits per heavy atom. The molecule has 1 aliphatic heterocycles.